The van der Waals surface area contributed by atoms with Gasteiger partial charge in [0, 0.05) is 5.56 Å². The van der Waals surface area contributed by atoms with E-state index in [0.717, 1.165) is 0 Å². The standard InChI is InChI=1S/C11H11FO3/c1-15-10-6-5-9(12)7-8(10)3-2-4-11(13)14/h2-3,5-7H,4H2,1H3,(H,13,14). The largest absolute Gasteiger partial charge is 0.496 e. The quantitative estimate of drug-likeness (QED) is 0.829. The minimum atomic E-state index is -0.929. The van der Waals surface area contributed by atoms with Crippen molar-refractivity contribution in [2.45, 2.75) is 6.42 Å². The summed E-state index contributed by atoms with van der Waals surface area (Å²) in [4.78, 5) is 10.3. The molecule has 1 aromatic carbocycles. The average Bonchev–Trinajstić information content (AvgIpc) is 2.17. The Balaban J connectivity index is 2.87. The predicted octanol–water partition coefficient (Wildman–Crippen LogP) is 2.32. The van der Waals surface area contributed by atoms with Gasteiger partial charge in [0.25, 0.3) is 0 Å². The fourth-order valence-corrected chi connectivity index (χ4v) is 1.12. The summed E-state index contributed by atoms with van der Waals surface area (Å²) in [6.45, 7) is 0. The Bertz CT molecular complexity index is 385. The van der Waals surface area contributed by atoms with Crippen LogP contribution >= 0.6 is 0 Å². The van der Waals surface area contributed by atoms with Crippen LogP contribution in [0.25, 0.3) is 6.08 Å². The number of carbonyl (C=O) groups is 1. The number of hydrogen-bond donors (Lipinski definition) is 1. The SMILES string of the molecule is COc1ccc(F)cc1C=CCC(=O)O. The molecule has 0 aliphatic heterocycles. The molecular formula is C11H11FO3. The number of hydrogen-bond acceptors (Lipinski definition) is 2. The second-order valence-corrected chi connectivity index (χ2v) is 2.89. The molecule has 0 aliphatic rings. The fraction of sp³-hybridized carbons (Fsp3) is 0.182. The molecule has 0 aliphatic carbocycles. The Hall–Kier alpha value is -1.84. The highest BCUT2D eigenvalue weighted by Crippen LogP contribution is 2.20. The highest BCUT2D eigenvalue weighted by atomic mass is 19.1. The molecule has 4 heteroatoms. The van der Waals surface area contributed by atoms with E-state index >= 15 is 0 Å². The first kappa shape index (κ1) is 11.2. The van der Waals surface area contributed by atoms with Crippen molar-refractivity contribution >= 4 is 12.0 Å². The molecule has 1 N–H and O–H groups in total. The van der Waals surface area contributed by atoms with E-state index in [0.29, 0.717) is 11.3 Å². The van der Waals surface area contributed by atoms with Gasteiger partial charge in [0.2, 0.25) is 0 Å². The van der Waals surface area contributed by atoms with Crippen LogP contribution < -0.4 is 4.74 Å². The number of carboxylic acid groups (broad SMARTS) is 1. The lowest BCUT2D eigenvalue weighted by Gasteiger charge is -2.03. The zero-order valence-electron chi connectivity index (χ0n) is 8.24. The topological polar surface area (TPSA) is 46.5 Å². The van der Waals surface area contributed by atoms with E-state index in [1.807, 2.05) is 0 Å². The van der Waals surface area contributed by atoms with Crippen LogP contribution in [0, 0.1) is 5.82 Å². The molecule has 0 spiro atoms. The zero-order valence-corrected chi connectivity index (χ0v) is 8.24. The molecule has 1 rings (SSSR count). The van der Waals surface area contributed by atoms with Crippen molar-refractivity contribution in [3.63, 3.8) is 0 Å². The lowest BCUT2D eigenvalue weighted by atomic mass is 10.1. The van der Waals surface area contributed by atoms with Crippen LogP contribution in [0.2, 0.25) is 0 Å². The van der Waals surface area contributed by atoms with Crippen LogP contribution in [-0.2, 0) is 4.79 Å². The van der Waals surface area contributed by atoms with Crippen LogP contribution in [0.5, 0.6) is 5.75 Å². The summed E-state index contributed by atoms with van der Waals surface area (Å²) in [5.41, 5.74) is 0.527. The molecule has 80 valence electrons. The Morgan fingerprint density at radius 3 is 2.93 bits per heavy atom. The zero-order chi connectivity index (χ0) is 11.3. The van der Waals surface area contributed by atoms with E-state index in [4.69, 9.17) is 9.84 Å². The lowest BCUT2D eigenvalue weighted by molar-refractivity contribution is -0.135. The molecule has 0 saturated heterocycles. The van der Waals surface area contributed by atoms with Crippen molar-refractivity contribution in [1.29, 1.82) is 0 Å². The second kappa shape index (κ2) is 5.14. The van der Waals surface area contributed by atoms with Crippen LogP contribution in [0.1, 0.15) is 12.0 Å². The summed E-state index contributed by atoms with van der Waals surface area (Å²) in [6.07, 6.45) is 2.87. The number of carboxylic acids is 1. The summed E-state index contributed by atoms with van der Waals surface area (Å²) < 4.78 is 17.9. The summed E-state index contributed by atoms with van der Waals surface area (Å²) in [6, 6.07) is 4.07. The van der Waals surface area contributed by atoms with Gasteiger partial charge in [0.05, 0.1) is 13.5 Å². The van der Waals surface area contributed by atoms with E-state index in [-0.39, 0.29) is 12.2 Å². The number of ether oxygens (including phenoxy) is 1. The molecule has 0 amide bonds. The van der Waals surface area contributed by atoms with Crippen LogP contribution in [-0.4, -0.2) is 18.2 Å². The van der Waals surface area contributed by atoms with Gasteiger partial charge in [-0.1, -0.05) is 12.2 Å². The third-order valence-corrected chi connectivity index (χ3v) is 1.78. The third-order valence-electron chi connectivity index (χ3n) is 1.78. The van der Waals surface area contributed by atoms with Crippen LogP contribution in [0.3, 0.4) is 0 Å². The van der Waals surface area contributed by atoms with Crippen molar-refractivity contribution < 1.29 is 19.0 Å². The Morgan fingerprint density at radius 2 is 2.33 bits per heavy atom. The Morgan fingerprint density at radius 1 is 1.60 bits per heavy atom. The summed E-state index contributed by atoms with van der Waals surface area (Å²) in [5, 5.41) is 8.42. The molecule has 1 aromatic rings. The monoisotopic (exact) mass is 210 g/mol. The fourth-order valence-electron chi connectivity index (χ4n) is 1.12. The number of benzene rings is 1. The van der Waals surface area contributed by atoms with Gasteiger partial charge in [-0.15, -0.1) is 0 Å². The summed E-state index contributed by atoms with van der Waals surface area (Å²) >= 11 is 0. The van der Waals surface area contributed by atoms with E-state index in [9.17, 15) is 9.18 Å². The number of aliphatic carboxylic acids is 1. The maximum atomic E-state index is 12.9. The number of methoxy groups -OCH3 is 1. The van der Waals surface area contributed by atoms with Gasteiger partial charge in [-0.25, -0.2) is 4.39 Å². The van der Waals surface area contributed by atoms with Crippen molar-refractivity contribution in [3.8, 4) is 5.75 Å². The van der Waals surface area contributed by atoms with E-state index in [2.05, 4.69) is 0 Å². The molecule has 3 nitrogen and oxygen atoms in total. The van der Waals surface area contributed by atoms with Gasteiger partial charge in [-0.05, 0) is 18.2 Å². The maximum absolute atomic E-state index is 12.9. The first-order valence-corrected chi connectivity index (χ1v) is 4.35. The number of rotatable bonds is 4. The molecule has 0 unspecified atom stereocenters. The van der Waals surface area contributed by atoms with Crippen molar-refractivity contribution in [3.05, 3.63) is 35.7 Å². The third kappa shape index (κ3) is 3.42. The molecular weight excluding hydrogens is 199 g/mol. The number of halogens is 1. The highest BCUT2D eigenvalue weighted by molar-refractivity contribution is 5.71. The summed E-state index contributed by atoms with van der Waals surface area (Å²) in [5.74, 6) is -0.801. The molecule has 0 saturated carbocycles. The summed E-state index contributed by atoms with van der Waals surface area (Å²) in [7, 11) is 1.47. The highest BCUT2D eigenvalue weighted by Gasteiger charge is 2.01. The van der Waals surface area contributed by atoms with E-state index < -0.39 is 5.97 Å². The molecule has 0 atom stereocenters. The first-order valence-electron chi connectivity index (χ1n) is 4.35. The van der Waals surface area contributed by atoms with E-state index in [1.165, 1.54) is 37.5 Å². The van der Waals surface area contributed by atoms with Gasteiger partial charge in [0.1, 0.15) is 11.6 Å². The lowest BCUT2D eigenvalue weighted by Crippen LogP contribution is -1.91. The second-order valence-electron chi connectivity index (χ2n) is 2.89. The van der Waals surface area contributed by atoms with Crippen molar-refractivity contribution in [2.24, 2.45) is 0 Å². The van der Waals surface area contributed by atoms with E-state index in [1.54, 1.807) is 0 Å². The van der Waals surface area contributed by atoms with Gasteiger partial charge >= 0.3 is 5.97 Å². The predicted molar refractivity (Wildman–Crippen MR) is 54.2 cm³/mol. The van der Waals surface area contributed by atoms with Gasteiger partial charge in [-0.3, -0.25) is 4.79 Å². The minimum Gasteiger partial charge on any atom is -0.496 e. The molecule has 0 aromatic heterocycles. The first-order chi connectivity index (χ1) is 7.13. The van der Waals surface area contributed by atoms with Gasteiger partial charge in [-0.2, -0.15) is 0 Å². The van der Waals surface area contributed by atoms with Gasteiger partial charge < -0.3 is 9.84 Å². The average molecular weight is 210 g/mol. The Kier molecular flexibility index (Phi) is 3.85. The van der Waals surface area contributed by atoms with Crippen molar-refractivity contribution in [2.75, 3.05) is 7.11 Å². The molecule has 0 radical (unpaired) electrons. The van der Waals surface area contributed by atoms with Gasteiger partial charge in [0.15, 0.2) is 0 Å². The van der Waals surface area contributed by atoms with Crippen LogP contribution in [0.4, 0.5) is 4.39 Å². The molecule has 0 bridgehead atoms. The molecule has 0 fully saturated rings. The normalized spacial score (nSPS) is 10.5. The molecule has 0 heterocycles. The maximum Gasteiger partial charge on any atom is 0.307 e. The Labute approximate surface area is 86.8 Å². The minimum absolute atomic E-state index is 0.0976. The van der Waals surface area contributed by atoms with Crippen molar-refractivity contribution in [1.82, 2.24) is 0 Å². The smallest absolute Gasteiger partial charge is 0.307 e. The molecule has 15 heavy (non-hydrogen) atoms. The van der Waals surface area contributed by atoms with Crippen LogP contribution in [0.15, 0.2) is 24.3 Å².